The Morgan fingerprint density at radius 1 is 1.07 bits per heavy atom. The van der Waals surface area contributed by atoms with E-state index in [9.17, 15) is 0 Å². The molecule has 0 aliphatic heterocycles. The van der Waals surface area contributed by atoms with Gasteiger partial charge in [0.1, 0.15) is 0 Å². The van der Waals surface area contributed by atoms with E-state index in [4.69, 9.17) is 27.9 Å². The monoisotopic (exact) mass is 402 g/mol. The summed E-state index contributed by atoms with van der Waals surface area (Å²) in [6.07, 6.45) is 3.65. The van der Waals surface area contributed by atoms with Crippen molar-refractivity contribution in [1.82, 2.24) is 9.55 Å². The molecule has 3 nitrogen and oxygen atoms in total. The van der Waals surface area contributed by atoms with Gasteiger partial charge in [0.15, 0.2) is 0 Å². The lowest BCUT2D eigenvalue weighted by Gasteiger charge is -2.16. The lowest BCUT2D eigenvalue weighted by molar-refractivity contribution is 0.183. The molecule has 0 aliphatic rings. The Labute approximate surface area is 170 Å². The standard InChI is InChI=1S/C22H24Cl2N2O/c1-14(2)21-20(13-27-4)15(3)26(12-16-5-7-25-8-6-16)22(21)17-9-18(23)11-19(24)10-17/h5-11,14H,12-13H2,1-4H3. The fourth-order valence-corrected chi connectivity index (χ4v) is 4.16. The lowest BCUT2D eigenvalue weighted by Crippen LogP contribution is -2.05. The smallest absolute Gasteiger partial charge is 0.0733 e. The van der Waals surface area contributed by atoms with Gasteiger partial charge in [0.05, 0.1) is 12.3 Å². The van der Waals surface area contributed by atoms with Gasteiger partial charge in [-0.05, 0) is 54.3 Å². The number of halogens is 2. The van der Waals surface area contributed by atoms with E-state index in [1.165, 1.54) is 22.4 Å². The van der Waals surface area contributed by atoms with Crippen molar-refractivity contribution in [2.75, 3.05) is 7.11 Å². The first kappa shape index (κ1) is 19.9. The van der Waals surface area contributed by atoms with E-state index in [1.54, 1.807) is 13.2 Å². The largest absolute Gasteiger partial charge is 0.380 e. The molecule has 0 N–H and O–H groups in total. The summed E-state index contributed by atoms with van der Waals surface area (Å²) < 4.78 is 7.86. The molecule has 0 saturated carbocycles. The number of ether oxygens (including phenoxy) is 1. The van der Waals surface area contributed by atoms with E-state index in [0.29, 0.717) is 22.6 Å². The van der Waals surface area contributed by atoms with Gasteiger partial charge in [-0.3, -0.25) is 4.98 Å². The highest BCUT2D eigenvalue weighted by molar-refractivity contribution is 6.35. The lowest BCUT2D eigenvalue weighted by atomic mass is 9.95. The molecule has 0 saturated heterocycles. The molecule has 0 atom stereocenters. The van der Waals surface area contributed by atoms with Crippen LogP contribution in [-0.4, -0.2) is 16.7 Å². The zero-order valence-electron chi connectivity index (χ0n) is 16.1. The maximum absolute atomic E-state index is 6.33. The third kappa shape index (κ3) is 4.21. The van der Waals surface area contributed by atoms with Crippen LogP contribution in [0, 0.1) is 6.92 Å². The molecule has 0 radical (unpaired) electrons. The predicted octanol–water partition coefficient (Wildman–Crippen LogP) is 6.48. The van der Waals surface area contributed by atoms with E-state index >= 15 is 0 Å². The number of hydrogen-bond acceptors (Lipinski definition) is 2. The number of methoxy groups -OCH3 is 1. The van der Waals surface area contributed by atoms with Crippen LogP contribution >= 0.6 is 23.2 Å². The van der Waals surface area contributed by atoms with Gasteiger partial charge in [0, 0.05) is 52.9 Å². The minimum Gasteiger partial charge on any atom is -0.380 e. The van der Waals surface area contributed by atoms with Crippen molar-refractivity contribution in [2.45, 2.75) is 39.8 Å². The molecule has 0 aliphatic carbocycles. The first-order chi connectivity index (χ1) is 12.9. The number of hydrogen-bond donors (Lipinski definition) is 0. The Bertz CT molecular complexity index is 913. The van der Waals surface area contributed by atoms with Crippen molar-refractivity contribution >= 4 is 23.2 Å². The maximum Gasteiger partial charge on any atom is 0.0733 e. The molecule has 0 fully saturated rings. The van der Waals surface area contributed by atoms with Gasteiger partial charge in [-0.1, -0.05) is 37.0 Å². The highest BCUT2D eigenvalue weighted by Crippen LogP contribution is 2.39. The second kappa shape index (κ2) is 8.47. The van der Waals surface area contributed by atoms with Gasteiger partial charge in [-0.25, -0.2) is 0 Å². The Hall–Kier alpha value is -1.81. The molecule has 0 bridgehead atoms. The van der Waals surface area contributed by atoms with E-state index in [1.807, 2.05) is 36.7 Å². The van der Waals surface area contributed by atoms with Crippen molar-refractivity contribution in [3.8, 4) is 11.3 Å². The molecule has 2 aromatic heterocycles. The van der Waals surface area contributed by atoms with E-state index < -0.39 is 0 Å². The summed E-state index contributed by atoms with van der Waals surface area (Å²) in [6, 6.07) is 9.81. The Morgan fingerprint density at radius 2 is 1.70 bits per heavy atom. The fourth-order valence-electron chi connectivity index (χ4n) is 3.63. The Morgan fingerprint density at radius 3 is 2.26 bits per heavy atom. The molecule has 27 heavy (non-hydrogen) atoms. The normalized spacial score (nSPS) is 11.4. The molecule has 0 amide bonds. The second-order valence-electron chi connectivity index (χ2n) is 7.01. The SMILES string of the molecule is COCc1c(C(C)C)c(-c2cc(Cl)cc(Cl)c2)n(Cc2ccncc2)c1C. The minimum atomic E-state index is 0.334. The van der Waals surface area contributed by atoms with Crippen LogP contribution in [0.1, 0.15) is 42.1 Å². The third-order valence-corrected chi connectivity index (χ3v) is 5.22. The minimum absolute atomic E-state index is 0.334. The van der Waals surface area contributed by atoms with Crippen molar-refractivity contribution in [2.24, 2.45) is 0 Å². The van der Waals surface area contributed by atoms with Gasteiger partial charge >= 0.3 is 0 Å². The average Bonchev–Trinajstić information content (AvgIpc) is 2.88. The van der Waals surface area contributed by atoms with Crippen molar-refractivity contribution in [3.05, 3.63) is 75.2 Å². The maximum atomic E-state index is 6.33. The molecule has 3 aromatic rings. The van der Waals surface area contributed by atoms with Crippen LogP contribution < -0.4 is 0 Å². The number of pyridine rings is 1. The van der Waals surface area contributed by atoms with Crippen LogP contribution in [0.2, 0.25) is 10.0 Å². The summed E-state index contributed by atoms with van der Waals surface area (Å²) >= 11 is 12.7. The van der Waals surface area contributed by atoms with Crippen LogP contribution in [0.3, 0.4) is 0 Å². The quantitative estimate of drug-likeness (QED) is 0.471. The van der Waals surface area contributed by atoms with Crippen LogP contribution in [0.25, 0.3) is 11.3 Å². The molecule has 2 heterocycles. The van der Waals surface area contributed by atoms with Gasteiger partial charge < -0.3 is 9.30 Å². The summed E-state index contributed by atoms with van der Waals surface area (Å²) in [4.78, 5) is 4.13. The zero-order chi connectivity index (χ0) is 19.6. The first-order valence-corrected chi connectivity index (χ1v) is 9.74. The van der Waals surface area contributed by atoms with Crippen LogP contribution in [0.15, 0.2) is 42.7 Å². The molecule has 3 rings (SSSR count). The molecule has 142 valence electrons. The molecule has 5 heteroatoms. The van der Waals surface area contributed by atoms with Crippen molar-refractivity contribution in [3.63, 3.8) is 0 Å². The van der Waals surface area contributed by atoms with E-state index in [0.717, 1.165) is 17.8 Å². The van der Waals surface area contributed by atoms with Gasteiger partial charge in [0.25, 0.3) is 0 Å². The van der Waals surface area contributed by atoms with E-state index in [-0.39, 0.29) is 0 Å². The summed E-state index contributed by atoms with van der Waals surface area (Å²) in [5.74, 6) is 0.334. The molecule has 0 spiro atoms. The van der Waals surface area contributed by atoms with Gasteiger partial charge in [0.2, 0.25) is 0 Å². The number of nitrogens with zero attached hydrogens (tertiary/aromatic N) is 2. The number of rotatable bonds is 6. The summed E-state index contributed by atoms with van der Waals surface area (Å²) in [5.41, 5.74) is 7.07. The van der Waals surface area contributed by atoms with Crippen molar-refractivity contribution < 1.29 is 4.74 Å². The Kier molecular flexibility index (Phi) is 6.25. The highest BCUT2D eigenvalue weighted by Gasteiger charge is 2.24. The van der Waals surface area contributed by atoms with E-state index in [2.05, 4.69) is 30.3 Å². The topological polar surface area (TPSA) is 27.1 Å². The zero-order valence-corrected chi connectivity index (χ0v) is 17.6. The van der Waals surface area contributed by atoms with Gasteiger partial charge in [-0.2, -0.15) is 0 Å². The van der Waals surface area contributed by atoms with Crippen LogP contribution in [-0.2, 0) is 17.9 Å². The van der Waals surface area contributed by atoms with Gasteiger partial charge in [-0.15, -0.1) is 0 Å². The van der Waals surface area contributed by atoms with Crippen LogP contribution in [0.4, 0.5) is 0 Å². The second-order valence-corrected chi connectivity index (χ2v) is 7.89. The fraction of sp³-hybridized carbons (Fsp3) is 0.318. The molecule has 0 unspecified atom stereocenters. The van der Waals surface area contributed by atoms with Crippen LogP contribution in [0.5, 0.6) is 0 Å². The highest BCUT2D eigenvalue weighted by atomic mass is 35.5. The predicted molar refractivity (Wildman–Crippen MR) is 113 cm³/mol. The third-order valence-electron chi connectivity index (χ3n) is 4.78. The summed E-state index contributed by atoms with van der Waals surface area (Å²) in [6.45, 7) is 7.89. The summed E-state index contributed by atoms with van der Waals surface area (Å²) in [5, 5.41) is 1.27. The molecule has 1 aromatic carbocycles. The summed E-state index contributed by atoms with van der Waals surface area (Å²) in [7, 11) is 1.74. The molecular weight excluding hydrogens is 379 g/mol. The van der Waals surface area contributed by atoms with Crippen molar-refractivity contribution in [1.29, 1.82) is 0 Å². The molecular formula is C22H24Cl2N2O. The first-order valence-electron chi connectivity index (χ1n) is 8.98. The average molecular weight is 403 g/mol. The number of aromatic nitrogens is 2. The Balaban J connectivity index is 2.28. The number of benzene rings is 1.